The standard InChI is InChI=1S/C15H22BrNS/c1-17-14(10-12-4-2-3-5-12)11-18-15-8-6-13(16)7-9-15/h6-9,12,14,17H,2-5,10-11H2,1H3. The Labute approximate surface area is 123 Å². The summed E-state index contributed by atoms with van der Waals surface area (Å²) < 4.78 is 1.16. The maximum Gasteiger partial charge on any atom is 0.0176 e. The minimum Gasteiger partial charge on any atom is -0.316 e. The van der Waals surface area contributed by atoms with Crippen LogP contribution >= 0.6 is 27.7 Å². The van der Waals surface area contributed by atoms with Crippen LogP contribution in [0.3, 0.4) is 0 Å². The number of rotatable bonds is 6. The topological polar surface area (TPSA) is 12.0 Å². The van der Waals surface area contributed by atoms with Gasteiger partial charge in [0.15, 0.2) is 0 Å². The van der Waals surface area contributed by atoms with Crippen LogP contribution in [-0.2, 0) is 0 Å². The first-order chi connectivity index (χ1) is 8.78. The number of benzene rings is 1. The van der Waals surface area contributed by atoms with Crippen LogP contribution in [0.1, 0.15) is 32.1 Å². The largest absolute Gasteiger partial charge is 0.316 e. The SMILES string of the molecule is CNC(CSc1ccc(Br)cc1)CC1CCCC1. The summed E-state index contributed by atoms with van der Waals surface area (Å²) in [6, 6.07) is 9.27. The normalized spacial score (nSPS) is 18.1. The summed E-state index contributed by atoms with van der Waals surface area (Å²) in [6.45, 7) is 0. The van der Waals surface area contributed by atoms with Crippen molar-refractivity contribution in [3.05, 3.63) is 28.7 Å². The molecule has 0 radical (unpaired) electrons. The average molecular weight is 328 g/mol. The van der Waals surface area contributed by atoms with E-state index in [2.05, 4.69) is 52.6 Å². The molecule has 1 N–H and O–H groups in total. The predicted octanol–water partition coefficient (Wildman–Crippen LogP) is 4.71. The minimum absolute atomic E-state index is 0.654. The van der Waals surface area contributed by atoms with E-state index in [0.717, 1.165) is 10.4 Å². The molecule has 1 aromatic rings. The van der Waals surface area contributed by atoms with Crippen molar-refractivity contribution in [2.24, 2.45) is 5.92 Å². The molecule has 18 heavy (non-hydrogen) atoms. The fourth-order valence-corrected chi connectivity index (χ4v) is 3.93. The third-order valence-electron chi connectivity index (χ3n) is 3.77. The summed E-state index contributed by atoms with van der Waals surface area (Å²) in [5, 5.41) is 3.48. The molecule has 1 aliphatic rings. The van der Waals surface area contributed by atoms with E-state index in [4.69, 9.17) is 0 Å². The van der Waals surface area contributed by atoms with Crippen molar-refractivity contribution in [3.63, 3.8) is 0 Å². The second-order valence-electron chi connectivity index (χ2n) is 5.14. The Balaban J connectivity index is 1.77. The Morgan fingerprint density at radius 1 is 1.28 bits per heavy atom. The maximum absolute atomic E-state index is 3.48. The van der Waals surface area contributed by atoms with Gasteiger partial charge in [0.05, 0.1) is 0 Å². The molecule has 0 heterocycles. The molecule has 1 aliphatic carbocycles. The first-order valence-corrected chi connectivity index (χ1v) is 8.61. The van der Waals surface area contributed by atoms with Crippen LogP contribution in [0.15, 0.2) is 33.6 Å². The van der Waals surface area contributed by atoms with Gasteiger partial charge >= 0.3 is 0 Å². The zero-order chi connectivity index (χ0) is 12.8. The number of hydrogen-bond donors (Lipinski definition) is 1. The van der Waals surface area contributed by atoms with Gasteiger partial charge in [0, 0.05) is 21.2 Å². The van der Waals surface area contributed by atoms with Crippen molar-refractivity contribution in [3.8, 4) is 0 Å². The maximum atomic E-state index is 3.48. The fraction of sp³-hybridized carbons (Fsp3) is 0.600. The van der Waals surface area contributed by atoms with Gasteiger partial charge in [0.2, 0.25) is 0 Å². The average Bonchev–Trinajstić information content (AvgIpc) is 2.89. The Kier molecular flexibility index (Phi) is 6.06. The van der Waals surface area contributed by atoms with Gasteiger partial charge < -0.3 is 5.32 Å². The van der Waals surface area contributed by atoms with Gasteiger partial charge in [-0.15, -0.1) is 11.8 Å². The predicted molar refractivity (Wildman–Crippen MR) is 84.3 cm³/mol. The molecule has 1 fully saturated rings. The molecule has 1 aromatic carbocycles. The molecule has 0 spiro atoms. The Bertz CT molecular complexity index is 346. The van der Waals surface area contributed by atoms with E-state index in [1.54, 1.807) is 0 Å². The zero-order valence-electron chi connectivity index (χ0n) is 11.0. The summed E-state index contributed by atoms with van der Waals surface area (Å²) in [5.41, 5.74) is 0. The highest BCUT2D eigenvalue weighted by Gasteiger charge is 2.19. The Morgan fingerprint density at radius 3 is 2.56 bits per heavy atom. The molecule has 3 heteroatoms. The fourth-order valence-electron chi connectivity index (χ4n) is 2.65. The van der Waals surface area contributed by atoms with Crippen molar-refractivity contribution < 1.29 is 0 Å². The van der Waals surface area contributed by atoms with Crippen LogP contribution in [0.25, 0.3) is 0 Å². The van der Waals surface area contributed by atoms with Crippen LogP contribution in [0.4, 0.5) is 0 Å². The monoisotopic (exact) mass is 327 g/mol. The van der Waals surface area contributed by atoms with Crippen LogP contribution in [-0.4, -0.2) is 18.8 Å². The number of hydrogen-bond acceptors (Lipinski definition) is 2. The van der Waals surface area contributed by atoms with Crippen molar-refractivity contribution in [2.75, 3.05) is 12.8 Å². The van der Waals surface area contributed by atoms with Crippen LogP contribution in [0.2, 0.25) is 0 Å². The second-order valence-corrected chi connectivity index (χ2v) is 7.15. The highest BCUT2D eigenvalue weighted by molar-refractivity contribution is 9.10. The van der Waals surface area contributed by atoms with E-state index in [0.29, 0.717) is 6.04 Å². The van der Waals surface area contributed by atoms with Gasteiger partial charge in [-0.2, -0.15) is 0 Å². The molecule has 0 aromatic heterocycles. The van der Waals surface area contributed by atoms with Gasteiger partial charge in [-0.1, -0.05) is 41.6 Å². The minimum atomic E-state index is 0.654. The van der Waals surface area contributed by atoms with Gasteiger partial charge in [0.1, 0.15) is 0 Å². The summed E-state index contributed by atoms with van der Waals surface area (Å²) in [7, 11) is 2.10. The molecule has 100 valence electrons. The van der Waals surface area contributed by atoms with E-state index < -0.39 is 0 Å². The van der Waals surface area contributed by atoms with Crippen molar-refractivity contribution in [2.45, 2.75) is 43.0 Å². The number of thioether (sulfide) groups is 1. The third kappa shape index (κ3) is 4.60. The van der Waals surface area contributed by atoms with Gasteiger partial charge in [-0.25, -0.2) is 0 Å². The zero-order valence-corrected chi connectivity index (χ0v) is 13.4. The lowest BCUT2D eigenvalue weighted by Gasteiger charge is -2.19. The lowest BCUT2D eigenvalue weighted by molar-refractivity contribution is 0.427. The van der Waals surface area contributed by atoms with Crippen molar-refractivity contribution in [1.29, 1.82) is 0 Å². The molecule has 1 unspecified atom stereocenters. The lowest BCUT2D eigenvalue weighted by atomic mass is 9.99. The van der Waals surface area contributed by atoms with Crippen molar-refractivity contribution >= 4 is 27.7 Å². The van der Waals surface area contributed by atoms with Crippen LogP contribution in [0, 0.1) is 5.92 Å². The van der Waals surface area contributed by atoms with E-state index >= 15 is 0 Å². The molecule has 0 bridgehead atoms. The Hall–Kier alpha value is 0.01000. The summed E-state index contributed by atoms with van der Waals surface area (Å²) in [6.07, 6.45) is 7.13. The van der Waals surface area contributed by atoms with E-state index in [9.17, 15) is 0 Å². The van der Waals surface area contributed by atoms with Crippen LogP contribution < -0.4 is 5.32 Å². The van der Waals surface area contributed by atoms with Crippen molar-refractivity contribution in [1.82, 2.24) is 5.32 Å². The third-order valence-corrected chi connectivity index (χ3v) is 5.47. The number of halogens is 1. The summed E-state index contributed by atoms with van der Waals surface area (Å²) in [5.74, 6) is 2.14. The molecular weight excluding hydrogens is 306 g/mol. The van der Waals surface area contributed by atoms with Gasteiger partial charge in [0.25, 0.3) is 0 Å². The lowest BCUT2D eigenvalue weighted by Crippen LogP contribution is -2.29. The molecule has 0 saturated heterocycles. The summed E-state index contributed by atoms with van der Waals surface area (Å²) in [4.78, 5) is 1.37. The molecule has 2 rings (SSSR count). The molecular formula is C15H22BrNS. The van der Waals surface area contributed by atoms with Gasteiger partial charge in [-0.3, -0.25) is 0 Å². The quantitative estimate of drug-likeness (QED) is 0.759. The van der Waals surface area contributed by atoms with E-state index in [-0.39, 0.29) is 0 Å². The number of nitrogens with one attached hydrogen (secondary N) is 1. The first-order valence-electron chi connectivity index (χ1n) is 6.83. The molecule has 0 aliphatic heterocycles. The smallest absolute Gasteiger partial charge is 0.0176 e. The van der Waals surface area contributed by atoms with Gasteiger partial charge in [-0.05, 0) is 43.7 Å². The van der Waals surface area contributed by atoms with E-state index in [1.807, 2.05) is 11.8 Å². The molecule has 1 atom stereocenters. The molecule has 1 saturated carbocycles. The second kappa shape index (κ2) is 7.56. The molecule has 0 amide bonds. The highest BCUT2D eigenvalue weighted by Crippen LogP contribution is 2.30. The highest BCUT2D eigenvalue weighted by atomic mass is 79.9. The van der Waals surface area contributed by atoms with E-state index in [1.165, 1.54) is 42.8 Å². The first kappa shape index (κ1) is 14.4. The van der Waals surface area contributed by atoms with Crippen LogP contribution in [0.5, 0.6) is 0 Å². The molecule has 1 nitrogen and oxygen atoms in total. The summed E-state index contributed by atoms with van der Waals surface area (Å²) >= 11 is 5.44. The Morgan fingerprint density at radius 2 is 1.94 bits per heavy atom.